The molecule has 1 N–H and O–H groups in total. The zero-order chi connectivity index (χ0) is 22.0. The third-order valence-corrected chi connectivity index (χ3v) is 6.04. The molecule has 0 aliphatic heterocycles. The van der Waals surface area contributed by atoms with Gasteiger partial charge in [0.15, 0.2) is 0 Å². The number of nitro groups is 1. The maximum atomic E-state index is 12.4. The molecule has 0 saturated carbocycles. The highest BCUT2D eigenvalue weighted by molar-refractivity contribution is 7.21. The van der Waals surface area contributed by atoms with E-state index in [1.165, 1.54) is 24.3 Å². The van der Waals surface area contributed by atoms with Gasteiger partial charge in [0.2, 0.25) is 5.91 Å². The van der Waals surface area contributed by atoms with E-state index >= 15 is 0 Å². The predicted octanol–water partition coefficient (Wildman–Crippen LogP) is 6.49. The molecule has 8 heteroatoms. The van der Waals surface area contributed by atoms with Gasteiger partial charge >= 0.3 is 0 Å². The molecule has 31 heavy (non-hydrogen) atoms. The van der Waals surface area contributed by atoms with Crippen LogP contribution in [-0.4, -0.2) is 15.8 Å². The normalized spacial score (nSPS) is 11.2. The van der Waals surface area contributed by atoms with E-state index in [-0.39, 0.29) is 16.6 Å². The van der Waals surface area contributed by atoms with Crippen LogP contribution in [0.3, 0.4) is 0 Å². The Bertz CT molecular complexity index is 1310. The van der Waals surface area contributed by atoms with Crippen molar-refractivity contribution >= 4 is 56.5 Å². The number of hydrogen-bond acceptors (Lipinski definition) is 5. The number of anilines is 1. The summed E-state index contributed by atoms with van der Waals surface area (Å²) in [6.07, 6.45) is 2.84. The third kappa shape index (κ3) is 4.63. The van der Waals surface area contributed by atoms with Crippen LogP contribution in [0.5, 0.6) is 0 Å². The first-order valence-corrected chi connectivity index (χ1v) is 10.5. The van der Waals surface area contributed by atoms with E-state index in [4.69, 9.17) is 11.6 Å². The Balaban J connectivity index is 1.54. The molecule has 6 nitrogen and oxygen atoms in total. The fraction of sp³-hybridized carbons (Fsp3) is 0.0435. The van der Waals surface area contributed by atoms with Gasteiger partial charge in [0.25, 0.3) is 5.69 Å². The Morgan fingerprint density at radius 2 is 1.97 bits per heavy atom. The highest BCUT2D eigenvalue weighted by atomic mass is 35.5. The number of halogens is 1. The van der Waals surface area contributed by atoms with Gasteiger partial charge in [-0.1, -0.05) is 41.9 Å². The Labute approximate surface area is 187 Å². The number of nitrogens with one attached hydrogen (secondary N) is 1. The maximum Gasteiger partial charge on any atom is 0.288 e. The van der Waals surface area contributed by atoms with Crippen molar-refractivity contribution in [2.24, 2.45) is 0 Å². The van der Waals surface area contributed by atoms with Gasteiger partial charge in [0.05, 0.1) is 15.1 Å². The number of nitrogens with zero attached hydrogens (tertiary/aromatic N) is 2. The fourth-order valence-electron chi connectivity index (χ4n) is 3.00. The number of aryl methyl sites for hydroxylation is 1. The van der Waals surface area contributed by atoms with Gasteiger partial charge < -0.3 is 5.32 Å². The first kappa shape index (κ1) is 20.7. The van der Waals surface area contributed by atoms with Crippen molar-refractivity contribution in [2.45, 2.75) is 6.92 Å². The van der Waals surface area contributed by atoms with Crippen molar-refractivity contribution in [3.8, 4) is 10.6 Å². The van der Waals surface area contributed by atoms with E-state index in [0.717, 1.165) is 26.4 Å². The molecule has 1 heterocycles. The van der Waals surface area contributed by atoms with Crippen molar-refractivity contribution in [2.75, 3.05) is 5.32 Å². The number of benzene rings is 3. The summed E-state index contributed by atoms with van der Waals surface area (Å²) in [7, 11) is 0. The highest BCUT2D eigenvalue weighted by Crippen LogP contribution is 2.32. The molecule has 0 radical (unpaired) electrons. The number of nitro benzene ring substituents is 1. The monoisotopic (exact) mass is 449 g/mol. The summed E-state index contributed by atoms with van der Waals surface area (Å²) in [5, 5.41) is 14.8. The SMILES string of the molecule is Cc1ccc(-c2nc3ccccc3s2)cc1NC(=O)/C=C/c1ccc(Cl)c([N+](=O)[O-])c1. The van der Waals surface area contributed by atoms with Gasteiger partial charge in [-0.2, -0.15) is 0 Å². The van der Waals surface area contributed by atoms with Crippen molar-refractivity contribution < 1.29 is 9.72 Å². The zero-order valence-electron chi connectivity index (χ0n) is 16.3. The van der Waals surface area contributed by atoms with Crippen molar-refractivity contribution in [3.05, 3.63) is 93.0 Å². The number of hydrogen-bond donors (Lipinski definition) is 1. The van der Waals surface area contributed by atoms with E-state index in [2.05, 4.69) is 10.3 Å². The summed E-state index contributed by atoms with van der Waals surface area (Å²) >= 11 is 7.41. The summed E-state index contributed by atoms with van der Waals surface area (Å²) in [4.78, 5) is 27.6. The van der Waals surface area contributed by atoms with Gasteiger partial charge in [0.1, 0.15) is 10.0 Å². The van der Waals surface area contributed by atoms with E-state index < -0.39 is 4.92 Å². The first-order valence-electron chi connectivity index (χ1n) is 9.30. The standard InChI is InChI=1S/C23H16ClN3O3S/c1-14-6-9-16(23-26-18-4-2-3-5-21(18)31-23)13-19(14)25-22(28)11-8-15-7-10-17(24)20(12-15)27(29)30/h2-13H,1H3,(H,25,28)/b11-8+. The summed E-state index contributed by atoms with van der Waals surface area (Å²) < 4.78 is 1.10. The minimum Gasteiger partial charge on any atom is -0.322 e. The third-order valence-electron chi connectivity index (χ3n) is 4.63. The van der Waals surface area contributed by atoms with Crippen LogP contribution in [0.25, 0.3) is 26.9 Å². The smallest absolute Gasteiger partial charge is 0.288 e. The van der Waals surface area contributed by atoms with E-state index in [1.54, 1.807) is 17.4 Å². The summed E-state index contributed by atoms with van der Waals surface area (Å²) in [6.45, 7) is 1.91. The lowest BCUT2D eigenvalue weighted by molar-refractivity contribution is -0.384. The van der Waals surface area contributed by atoms with Crippen molar-refractivity contribution in [1.82, 2.24) is 4.98 Å². The predicted molar refractivity (Wildman–Crippen MR) is 126 cm³/mol. The molecule has 0 atom stereocenters. The maximum absolute atomic E-state index is 12.4. The van der Waals surface area contributed by atoms with Crippen LogP contribution in [0.4, 0.5) is 11.4 Å². The average Bonchev–Trinajstić information content (AvgIpc) is 3.19. The molecule has 3 aromatic carbocycles. The van der Waals surface area contributed by atoms with E-state index in [0.29, 0.717) is 11.3 Å². The summed E-state index contributed by atoms with van der Waals surface area (Å²) in [5.41, 5.74) is 3.74. The number of fused-ring (bicyclic) bond motifs is 1. The average molecular weight is 450 g/mol. The van der Waals surface area contributed by atoms with Gasteiger partial charge in [-0.05, 0) is 48.4 Å². The van der Waals surface area contributed by atoms with Gasteiger partial charge in [-0.15, -0.1) is 11.3 Å². The second-order valence-corrected chi connectivity index (χ2v) is 8.24. The Morgan fingerprint density at radius 3 is 2.74 bits per heavy atom. The molecule has 0 aliphatic rings. The molecular weight excluding hydrogens is 434 g/mol. The van der Waals surface area contributed by atoms with Crippen LogP contribution in [0, 0.1) is 17.0 Å². The topological polar surface area (TPSA) is 85.1 Å². The number of aromatic nitrogens is 1. The lowest BCUT2D eigenvalue weighted by Crippen LogP contribution is -2.09. The van der Waals surface area contributed by atoms with Gasteiger partial charge in [-0.25, -0.2) is 4.98 Å². The molecule has 0 spiro atoms. The minimum atomic E-state index is -0.559. The summed E-state index contributed by atoms with van der Waals surface area (Å²) in [5.74, 6) is -0.345. The second kappa shape index (κ2) is 8.67. The molecule has 154 valence electrons. The zero-order valence-corrected chi connectivity index (χ0v) is 17.9. The Morgan fingerprint density at radius 1 is 1.16 bits per heavy atom. The largest absolute Gasteiger partial charge is 0.322 e. The molecule has 4 rings (SSSR count). The number of para-hydroxylation sites is 1. The molecule has 1 amide bonds. The number of carbonyl (C=O) groups excluding carboxylic acids is 1. The van der Waals surface area contributed by atoms with Crippen molar-refractivity contribution in [3.63, 3.8) is 0 Å². The van der Waals surface area contributed by atoms with Crippen LogP contribution in [0.1, 0.15) is 11.1 Å². The lowest BCUT2D eigenvalue weighted by atomic mass is 10.1. The van der Waals surface area contributed by atoms with Gasteiger partial charge in [-0.3, -0.25) is 14.9 Å². The fourth-order valence-corrected chi connectivity index (χ4v) is 4.15. The number of carbonyl (C=O) groups is 1. The van der Waals surface area contributed by atoms with Crippen molar-refractivity contribution in [1.29, 1.82) is 0 Å². The van der Waals surface area contributed by atoms with E-state index in [1.807, 2.05) is 49.4 Å². The van der Waals surface area contributed by atoms with Gasteiger partial charge in [0, 0.05) is 23.4 Å². The minimum absolute atomic E-state index is 0.0499. The van der Waals surface area contributed by atoms with Crippen LogP contribution < -0.4 is 5.32 Å². The van der Waals surface area contributed by atoms with Crippen LogP contribution >= 0.6 is 22.9 Å². The number of rotatable bonds is 5. The molecule has 0 saturated heterocycles. The first-order chi connectivity index (χ1) is 14.9. The van der Waals surface area contributed by atoms with Crippen LogP contribution in [0.2, 0.25) is 5.02 Å². The van der Waals surface area contributed by atoms with Crippen LogP contribution in [0.15, 0.2) is 66.7 Å². The molecule has 0 bridgehead atoms. The second-order valence-electron chi connectivity index (χ2n) is 6.81. The quantitative estimate of drug-likeness (QED) is 0.214. The molecule has 1 aromatic heterocycles. The molecule has 0 unspecified atom stereocenters. The Kier molecular flexibility index (Phi) is 5.79. The lowest BCUT2D eigenvalue weighted by Gasteiger charge is -2.08. The molecule has 4 aromatic rings. The number of amides is 1. The van der Waals surface area contributed by atoms with Crippen LogP contribution in [-0.2, 0) is 4.79 Å². The highest BCUT2D eigenvalue weighted by Gasteiger charge is 2.12. The Hall–Kier alpha value is -3.55. The number of thiazole rings is 1. The molecule has 0 aliphatic carbocycles. The molecule has 0 fully saturated rings. The molecular formula is C23H16ClN3O3S. The summed E-state index contributed by atoms with van der Waals surface area (Å²) in [6, 6.07) is 18.1. The van der Waals surface area contributed by atoms with E-state index in [9.17, 15) is 14.9 Å².